The van der Waals surface area contributed by atoms with E-state index in [0.717, 1.165) is 12.8 Å². The van der Waals surface area contributed by atoms with Crippen LogP contribution in [0.3, 0.4) is 0 Å². The first-order valence-corrected chi connectivity index (χ1v) is 6.57. The molecule has 0 aromatic heterocycles. The molecule has 1 aliphatic rings. The topological polar surface area (TPSA) is 37.3 Å². The van der Waals surface area contributed by atoms with Crippen LogP contribution >= 0.6 is 11.6 Å². The Morgan fingerprint density at radius 1 is 1.56 bits per heavy atom. The highest BCUT2D eigenvalue weighted by Crippen LogP contribution is 2.51. The second-order valence-corrected chi connectivity index (χ2v) is 5.46. The summed E-state index contributed by atoms with van der Waals surface area (Å²) in [5, 5.41) is 9.42. The van der Waals surface area contributed by atoms with Crippen LogP contribution in [-0.4, -0.2) is 11.1 Å². The number of carbonyl (C=O) groups is 1. The largest absolute Gasteiger partial charge is 0.481 e. The van der Waals surface area contributed by atoms with Crippen LogP contribution < -0.4 is 0 Å². The van der Waals surface area contributed by atoms with Crippen molar-refractivity contribution in [3.05, 3.63) is 34.6 Å². The predicted octanol–water partition coefficient (Wildman–Crippen LogP) is 4.01. The summed E-state index contributed by atoms with van der Waals surface area (Å²) in [6.45, 7) is 2.07. The minimum Gasteiger partial charge on any atom is -0.481 e. The normalized spacial score (nSPS) is 26.7. The second-order valence-electron chi connectivity index (χ2n) is 5.05. The van der Waals surface area contributed by atoms with Gasteiger partial charge in [-0.15, -0.1) is 0 Å². The summed E-state index contributed by atoms with van der Waals surface area (Å²) in [5.74, 6) is -1.16. The van der Waals surface area contributed by atoms with Gasteiger partial charge in [-0.05, 0) is 24.8 Å². The Bertz CT molecular complexity index is 467. The van der Waals surface area contributed by atoms with E-state index in [9.17, 15) is 14.3 Å². The first kappa shape index (κ1) is 13.3. The van der Waals surface area contributed by atoms with Crippen molar-refractivity contribution in [3.63, 3.8) is 0 Å². The van der Waals surface area contributed by atoms with Crippen molar-refractivity contribution < 1.29 is 14.3 Å². The van der Waals surface area contributed by atoms with Gasteiger partial charge in [0.2, 0.25) is 0 Å². The van der Waals surface area contributed by atoms with Gasteiger partial charge in [-0.3, -0.25) is 4.79 Å². The van der Waals surface area contributed by atoms with E-state index in [1.54, 1.807) is 6.07 Å². The predicted molar refractivity (Wildman–Crippen MR) is 68.4 cm³/mol. The molecule has 0 unspecified atom stereocenters. The minimum atomic E-state index is -1.07. The van der Waals surface area contributed by atoms with Gasteiger partial charge in [-0.2, -0.15) is 0 Å². The maximum Gasteiger partial charge on any atom is 0.314 e. The molecule has 0 saturated heterocycles. The molecule has 1 N–H and O–H groups in total. The molecule has 0 atom stereocenters. The summed E-state index contributed by atoms with van der Waals surface area (Å²) in [7, 11) is 0. The van der Waals surface area contributed by atoms with E-state index in [2.05, 4.69) is 6.92 Å². The molecular weight excluding hydrogens is 255 g/mol. The van der Waals surface area contributed by atoms with Crippen LogP contribution in [0.25, 0.3) is 0 Å². The van der Waals surface area contributed by atoms with Crippen LogP contribution in [0.5, 0.6) is 0 Å². The molecular formula is C14H16ClFO2. The van der Waals surface area contributed by atoms with Gasteiger partial charge in [0, 0.05) is 5.56 Å². The van der Waals surface area contributed by atoms with Gasteiger partial charge in [-0.25, -0.2) is 4.39 Å². The fourth-order valence-electron chi connectivity index (χ4n) is 2.92. The molecule has 1 aliphatic carbocycles. The molecule has 1 fully saturated rings. The zero-order chi connectivity index (χ0) is 13.3. The number of halogens is 2. The molecule has 0 aliphatic heterocycles. The van der Waals surface area contributed by atoms with Crippen molar-refractivity contribution >= 4 is 17.6 Å². The van der Waals surface area contributed by atoms with Gasteiger partial charge in [-0.1, -0.05) is 43.5 Å². The summed E-state index contributed by atoms with van der Waals surface area (Å²) in [6, 6.07) is 4.59. The monoisotopic (exact) mass is 270 g/mol. The second kappa shape index (κ2) is 4.88. The Morgan fingerprint density at radius 2 is 2.22 bits per heavy atom. The van der Waals surface area contributed by atoms with Crippen molar-refractivity contribution in [1.29, 1.82) is 0 Å². The molecule has 0 spiro atoms. The molecule has 2 nitrogen and oxygen atoms in total. The average Bonchev–Trinajstić information content (AvgIpc) is 2.27. The molecule has 98 valence electrons. The third kappa shape index (κ3) is 2.01. The van der Waals surface area contributed by atoms with Crippen molar-refractivity contribution in [2.45, 2.75) is 38.0 Å². The molecule has 0 radical (unpaired) electrons. The van der Waals surface area contributed by atoms with Crippen molar-refractivity contribution in [1.82, 2.24) is 0 Å². The molecule has 2 rings (SSSR count). The fourth-order valence-corrected chi connectivity index (χ4v) is 3.10. The lowest BCUT2D eigenvalue weighted by atomic mass is 9.57. The Balaban J connectivity index is 2.33. The highest BCUT2D eigenvalue weighted by atomic mass is 35.5. The highest BCUT2D eigenvalue weighted by molar-refractivity contribution is 6.30. The van der Waals surface area contributed by atoms with E-state index in [4.69, 9.17) is 11.6 Å². The van der Waals surface area contributed by atoms with Gasteiger partial charge in [0.1, 0.15) is 5.82 Å². The van der Waals surface area contributed by atoms with Crippen molar-refractivity contribution in [2.75, 3.05) is 0 Å². The number of carboxylic acids is 1. The SMILES string of the molecule is CCCC1CC(C(=O)O)(c2cccc(Cl)c2F)C1. The van der Waals surface area contributed by atoms with Gasteiger partial charge in [0.05, 0.1) is 10.4 Å². The third-order valence-corrected chi connectivity index (χ3v) is 4.14. The minimum absolute atomic E-state index is 0.00735. The van der Waals surface area contributed by atoms with Crippen LogP contribution in [0.1, 0.15) is 38.2 Å². The van der Waals surface area contributed by atoms with E-state index in [-0.39, 0.29) is 10.6 Å². The first-order chi connectivity index (χ1) is 8.51. The molecule has 0 heterocycles. The van der Waals surface area contributed by atoms with E-state index in [1.165, 1.54) is 12.1 Å². The quantitative estimate of drug-likeness (QED) is 0.897. The lowest BCUT2D eigenvalue weighted by molar-refractivity contribution is -0.150. The van der Waals surface area contributed by atoms with Gasteiger partial charge in [0.15, 0.2) is 0 Å². The fraction of sp³-hybridized carbons (Fsp3) is 0.500. The van der Waals surface area contributed by atoms with Gasteiger partial charge < -0.3 is 5.11 Å². The van der Waals surface area contributed by atoms with Crippen molar-refractivity contribution in [3.8, 4) is 0 Å². The highest BCUT2D eigenvalue weighted by Gasteiger charge is 2.52. The van der Waals surface area contributed by atoms with Crippen LogP contribution in [0, 0.1) is 11.7 Å². The van der Waals surface area contributed by atoms with E-state index < -0.39 is 17.2 Å². The summed E-state index contributed by atoms with van der Waals surface area (Å²) in [5.41, 5.74) is -0.843. The number of carboxylic acid groups (broad SMARTS) is 1. The van der Waals surface area contributed by atoms with Crippen LogP contribution in [0.15, 0.2) is 18.2 Å². The number of rotatable bonds is 4. The van der Waals surface area contributed by atoms with Gasteiger partial charge in [0.25, 0.3) is 0 Å². The van der Waals surface area contributed by atoms with Crippen LogP contribution in [-0.2, 0) is 10.2 Å². The Morgan fingerprint density at radius 3 is 2.78 bits per heavy atom. The van der Waals surface area contributed by atoms with Crippen molar-refractivity contribution in [2.24, 2.45) is 5.92 Å². The summed E-state index contributed by atoms with van der Waals surface area (Å²) >= 11 is 5.74. The number of aliphatic carboxylic acids is 1. The van der Waals surface area contributed by atoms with E-state index >= 15 is 0 Å². The Labute approximate surface area is 111 Å². The maximum absolute atomic E-state index is 14.0. The lowest BCUT2D eigenvalue weighted by Crippen LogP contribution is -2.48. The Hall–Kier alpha value is -1.09. The standard InChI is InChI=1S/C14H16ClFO2/c1-2-4-9-7-14(8-9,13(17)18)10-5-3-6-11(15)12(10)16/h3,5-6,9H,2,4,7-8H2,1H3,(H,17,18). The number of hydrogen-bond acceptors (Lipinski definition) is 1. The molecule has 0 bridgehead atoms. The summed E-state index contributed by atoms with van der Waals surface area (Å²) in [4.78, 5) is 11.5. The number of hydrogen-bond donors (Lipinski definition) is 1. The zero-order valence-electron chi connectivity index (χ0n) is 10.2. The lowest BCUT2D eigenvalue weighted by Gasteiger charge is -2.45. The van der Waals surface area contributed by atoms with Gasteiger partial charge >= 0.3 is 5.97 Å². The van der Waals surface area contributed by atoms with E-state index in [0.29, 0.717) is 18.8 Å². The average molecular weight is 271 g/mol. The molecule has 1 saturated carbocycles. The maximum atomic E-state index is 14.0. The molecule has 1 aromatic carbocycles. The number of benzene rings is 1. The smallest absolute Gasteiger partial charge is 0.314 e. The molecule has 1 aromatic rings. The zero-order valence-corrected chi connectivity index (χ0v) is 11.0. The Kier molecular flexibility index (Phi) is 3.62. The molecule has 18 heavy (non-hydrogen) atoms. The molecule has 4 heteroatoms. The third-order valence-electron chi connectivity index (χ3n) is 3.85. The van der Waals surface area contributed by atoms with Crippen LogP contribution in [0.2, 0.25) is 5.02 Å². The molecule has 0 amide bonds. The summed E-state index contributed by atoms with van der Waals surface area (Å²) in [6.07, 6.45) is 3.04. The summed E-state index contributed by atoms with van der Waals surface area (Å²) < 4.78 is 14.0. The van der Waals surface area contributed by atoms with Crippen LogP contribution in [0.4, 0.5) is 4.39 Å². The van der Waals surface area contributed by atoms with E-state index in [1.807, 2.05) is 0 Å². The first-order valence-electron chi connectivity index (χ1n) is 6.19.